The molecule has 2 aliphatic heterocycles. The zero-order chi connectivity index (χ0) is 17.3. The van der Waals surface area contributed by atoms with Gasteiger partial charge in [0.2, 0.25) is 0 Å². The summed E-state index contributed by atoms with van der Waals surface area (Å²) in [5.74, 6) is -0.0589. The average molecular weight is 348 g/mol. The van der Waals surface area contributed by atoms with Crippen molar-refractivity contribution in [2.45, 2.75) is 19.1 Å². The molecule has 1 atom stereocenters. The van der Waals surface area contributed by atoms with Gasteiger partial charge in [0.15, 0.2) is 5.17 Å². The number of nitro groups is 1. The summed E-state index contributed by atoms with van der Waals surface area (Å²) in [6.07, 6.45) is 0. The molecular formula is C16H20N4O3S. The summed E-state index contributed by atoms with van der Waals surface area (Å²) in [5.41, 5.74) is 1.19. The van der Waals surface area contributed by atoms with Crippen molar-refractivity contribution in [3.05, 3.63) is 39.4 Å². The number of carbonyl (C=O) groups excluding carboxylic acids is 1. The van der Waals surface area contributed by atoms with Crippen LogP contribution >= 0.6 is 11.8 Å². The largest absolute Gasteiger partial charge is 0.348 e. The molecule has 0 radical (unpaired) electrons. The number of hydrogen-bond acceptors (Lipinski definition) is 6. The van der Waals surface area contributed by atoms with Crippen LogP contribution in [0, 0.1) is 17.0 Å². The van der Waals surface area contributed by atoms with Gasteiger partial charge in [0.05, 0.1) is 11.5 Å². The van der Waals surface area contributed by atoms with E-state index in [1.165, 1.54) is 12.1 Å². The Morgan fingerprint density at radius 3 is 2.58 bits per heavy atom. The van der Waals surface area contributed by atoms with Crippen molar-refractivity contribution in [2.24, 2.45) is 4.99 Å². The molecule has 2 aliphatic rings. The van der Waals surface area contributed by atoms with Gasteiger partial charge in [-0.05, 0) is 18.6 Å². The second-order valence-corrected chi connectivity index (χ2v) is 7.49. The summed E-state index contributed by atoms with van der Waals surface area (Å²) in [7, 11) is 0. The van der Waals surface area contributed by atoms with Gasteiger partial charge in [-0.1, -0.05) is 18.7 Å². The molecule has 1 aromatic rings. The minimum Gasteiger partial charge on any atom is -0.348 e. The number of carbonyl (C=O) groups is 1. The maximum absolute atomic E-state index is 12.7. The number of benzene rings is 1. The Labute approximate surface area is 144 Å². The summed E-state index contributed by atoms with van der Waals surface area (Å²) in [6.45, 7) is 7.60. The van der Waals surface area contributed by atoms with Crippen molar-refractivity contribution >= 4 is 28.5 Å². The molecule has 2 heterocycles. The summed E-state index contributed by atoms with van der Waals surface area (Å²) in [5, 5.41) is 12.4. The van der Waals surface area contributed by atoms with Crippen molar-refractivity contribution in [1.82, 2.24) is 9.80 Å². The van der Waals surface area contributed by atoms with E-state index in [-0.39, 0.29) is 11.6 Å². The minimum absolute atomic E-state index is 0.0132. The van der Waals surface area contributed by atoms with Crippen LogP contribution in [0.25, 0.3) is 0 Å². The van der Waals surface area contributed by atoms with Gasteiger partial charge < -0.3 is 9.80 Å². The maximum atomic E-state index is 12.7. The van der Waals surface area contributed by atoms with Crippen LogP contribution in [0.15, 0.2) is 23.2 Å². The van der Waals surface area contributed by atoms with Gasteiger partial charge >= 0.3 is 0 Å². The molecule has 0 bridgehead atoms. The Morgan fingerprint density at radius 1 is 1.33 bits per heavy atom. The fourth-order valence-corrected chi connectivity index (χ4v) is 3.90. The Balaban J connectivity index is 1.64. The highest BCUT2D eigenvalue weighted by Gasteiger charge is 2.27. The van der Waals surface area contributed by atoms with Crippen LogP contribution in [0.3, 0.4) is 0 Å². The van der Waals surface area contributed by atoms with E-state index in [1.54, 1.807) is 24.8 Å². The van der Waals surface area contributed by atoms with E-state index in [2.05, 4.69) is 16.8 Å². The van der Waals surface area contributed by atoms with Crippen molar-refractivity contribution in [2.75, 3.05) is 32.7 Å². The van der Waals surface area contributed by atoms with Gasteiger partial charge in [0.1, 0.15) is 0 Å². The number of nitro benzene ring substituents is 1. The fourth-order valence-electron chi connectivity index (χ4n) is 2.91. The molecule has 1 aromatic carbocycles. The fraction of sp³-hybridized carbons (Fsp3) is 0.500. The van der Waals surface area contributed by atoms with Crippen LogP contribution in [-0.2, 0) is 0 Å². The lowest BCUT2D eigenvalue weighted by molar-refractivity contribution is -0.384. The van der Waals surface area contributed by atoms with E-state index in [4.69, 9.17) is 0 Å². The third-order valence-corrected chi connectivity index (χ3v) is 5.43. The lowest BCUT2D eigenvalue weighted by Crippen LogP contribution is -2.50. The first-order valence-corrected chi connectivity index (χ1v) is 8.84. The van der Waals surface area contributed by atoms with Crippen molar-refractivity contribution < 1.29 is 9.72 Å². The molecule has 24 heavy (non-hydrogen) atoms. The lowest BCUT2D eigenvalue weighted by Gasteiger charge is -2.35. The molecular weight excluding hydrogens is 328 g/mol. The number of nitrogens with zero attached hydrogens (tertiary/aromatic N) is 4. The topological polar surface area (TPSA) is 79.0 Å². The molecule has 7 nitrogen and oxygen atoms in total. The molecule has 128 valence electrons. The van der Waals surface area contributed by atoms with Crippen LogP contribution in [0.1, 0.15) is 22.8 Å². The maximum Gasteiger partial charge on any atom is 0.269 e. The highest BCUT2D eigenvalue weighted by molar-refractivity contribution is 8.14. The second kappa shape index (κ2) is 6.80. The summed E-state index contributed by atoms with van der Waals surface area (Å²) in [6, 6.07) is 4.40. The van der Waals surface area contributed by atoms with Gasteiger partial charge in [0.25, 0.3) is 11.6 Å². The molecule has 0 N–H and O–H groups in total. The number of amidine groups is 1. The molecule has 8 heteroatoms. The zero-order valence-electron chi connectivity index (χ0n) is 13.8. The van der Waals surface area contributed by atoms with Gasteiger partial charge in [-0.2, -0.15) is 0 Å². The van der Waals surface area contributed by atoms with E-state index in [0.29, 0.717) is 29.5 Å². The third-order valence-electron chi connectivity index (χ3n) is 4.28. The Hall–Kier alpha value is -2.09. The number of hydrogen-bond donors (Lipinski definition) is 0. The summed E-state index contributed by atoms with van der Waals surface area (Å²) in [4.78, 5) is 31.7. The van der Waals surface area contributed by atoms with Crippen LogP contribution < -0.4 is 0 Å². The van der Waals surface area contributed by atoms with E-state index in [0.717, 1.165) is 24.8 Å². The molecule has 3 rings (SSSR count). The van der Waals surface area contributed by atoms with E-state index >= 15 is 0 Å². The smallest absolute Gasteiger partial charge is 0.269 e. The molecule has 0 aliphatic carbocycles. The highest BCUT2D eigenvalue weighted by atomic mass is 32.2. The van der Waals surface area contributed by atoms with Crippen molar-refractivity contribution in [1.29, 1.82) is 0 Å². The molecule has 0 aromatic heterocycles. The predicted octanol–water partition coefficient (Wildman–Crippen LogP) is 2.15. The third kappa shape index (κ3) is 3.38. The molecule has 0 spiro atoms. The Bertz CT molecular complexity index is 699. The number of aryl methyl sites for hydroxylation is 1. The molecule has 0 unspecified atom stereocenters. The van der Waals surface area contributed by atoms with Gasteiger partial charge in [-0.3, -0.25) is 19.9 Å². The molecule has 1 amide bonds. The standard InChI is InChI=1S/C16H20N4O3S/c1-11-9-13(20(22)23)3-4-14(11)15(21)18-5-7-19(8-6-18)16-17-10-12(2)24-16/h3-4,9,12H,5-8,10H2,1-2H3/t12-/m1/s1. The van der Waals surface area contributed by atoms with E-state index in [1.807, 2.05) is 4.90 Å². The molecule has 1 saturated heterocycles. The average Bonchev–Trinajstić information content (AvgIpc) is 3.00. The number of non-ortho nitro benzene ring substituents is 1. The van der Waals surface area contributed by atoms with Gasteiger partial charge in [0, 0.05) is 49.1 Å². The van der Waals surface area contributed by atoms with Crippen LogP contribution in [-0.4, -0.2) is 63.8 Å². The van der Waals surface area contributed by atoms with Crippen LogP contribution in [0.2, 0.25) is 0 Å². The van der Waals surface area contributed by atoms with Crippen molar-refractivity contribution in [3.8, 4) is 0 Å². The first-order chi connectivity index (χ1) is 11.5. The molecule has 1 fully saturated rings. The first kappa shape index (κ1) is 16.8. The van der Waals surface area contributed by atoms with Gasteiger partial charge in [-0.25, -0.2) is 0 Å². The highest BCUT2D eigenvalue weighted by Crippen LogP contribution is 2.24. The van der Waals surface area contributed by atoms with Crippen molar-refractivity contribution in [3.63, 3.8) is 0 Å². The first-order valence-electron chi connectivity index (χ1n) is 7.96. The number of aliphatic imine (C=N–C) groups is 1. The predicted molar refractivity (Wildman–Crippen MR) is 94.7 cm³/mol. The summed E-state index contributed by atoms with van der Waals surface area (Å²) < 4.78 is 0. The number of piperazine rings is 1. The quantitative estimate of drug-likeness (QED) is 0.604. The van der Waals surface area contributed by atoms with E-state index in [9.17, 15) is 14.9 Å². The number of rotatable bonds is 2. The molecule has 0 saturated carbocycles. The zero-order valence-corrected chi connectivity index (χ0v) is 14.6. The Morgan fingerprint density at radius 2 is 2.04 bits per heavy atom. The second-order valence-electron chi connectivity index (χ2n) is 6.09. The Kier molecular flexibility index (Phi) is 4.75. The van der Waals surface area contributed by atoms with Gasteiger partial charge in [-0.15, -0.1) is 0 Å². The van der Waals surface area contributed by atoms with E-state index < -0.39 is 4.92 Å². The lowest BCUT2D eigenvalue weighted by atomic mass is 10.1. The normalized spacial score (nSPS) is 20.9. The summed E-state index contributed by atoms with van der Waals surface area (Å²) >= 11 is 1.79. The monoisotopic (exact) mass is 348 g/mol. The number of thioether (sulfide) groups is 1. The SMILES string of the molecule is Cc1cc([N+](=O)[O-])ccc1C(=O)N1CCN(C2=NC[C@@H](C)S2)CC1. The van der Waals surface area contributed by atoms with Crippen LogP contribution in [0.4, 0.5) is 5.69 Å². The number of amides is 1. The minimum atomic E-state index is -0.443. The van der Waals surface area contributed by atoms with Crippen LogP contribution in [0.5, 0.6) is 0 Å².